The summed E-state index contributed by atoms with van der Waals surface area (Å²) in [7, 11) is 0. The number of hydrogen-bond donors (Lipinski definition) is 2. The molecule has 0 amide bonds. The summed E-state index contributed by atoms with van der Waals surface area (Å²) in [5.74, 6) is 0.570. The molecule has 140 valence electrons. The predicted molar refractivity (Wildman–Crippen MR) is 115 cm³/mol. The molecule has 1 aliphatic carbocycles. The Hall–Kier alpha value is -0.410. The summed E-state index contributed by atoms with van der Waals surface area (Å²) in [6, 6.07) is 7.03. The Bertz CT molecular complexity index is 609. The smallest absolute Gasteiger partial charge is 0.191 e. The van der Waals surface area contributed by atoms with Gasteiger partial charge in [0.25, 0.3) is 0 Å². The second-order valence-electron chi connectivity index (χ2n) is 6.80. The topological polar surface area (TPSA) is 39.7 Å². The van der Waals surface area contributed by atoms with Gasteiger partial charge in [0, 0.05) is 31.2 Å². The van der Waals surface area contributed by atoms with Gasteiger partial charge in [-0.2, -0.15) is 0 Å². The van der Waals surface area contributed by atoms with Gasteiger partial charge in [-0.1, -0.05) is 6.07 Å². The summed E-state index contributed by atoms with van der Waals surface area (Å²) in [5.41, 5.74) is 0.868. The molecule has 1 aromatic carbocycles. The van der Waals surface area contributed by atoms with Crippen LogP contribution in [0, 0.1) is 5.82 Å². The van der Waals surface area contributed by atoms with E-state index in [0.29, 0.717) is 23.1 Å². The Morgan fingerprint density at radius 3 is 2.80 bits per heavy atom. The van der Waals surface area contributed by atoms with Crippen LogP contribution in [-0.2, 0) is 6.54 Å². The second kappa shape index (κ2) is 9.50. The summed E-state index contributed by atoms with van der Waals surface area (Å²) in [5, 5.41) is 6.85. The average Bonchev–Trinajstić information content (AvgIpc) is 3.32. The van der Waals surface area contributed by atoms with E-state index >= 15 is 0 Å². The SMILES string of the molecule is CCNC(=NCc1ccc(Br)c(F)c1)NC1CC(C)N(C2CC2)C1.I. The van der Waals surface area contributed by atoms with Gasteiger partial charge in [0.05, 0.1) is 11.0 Å². The third-order valence-corrected chi connectivity index (χ3v) is 5.37. The number of benzene rings is 1. The number of rotatable bonds is 5. The molecule has 1 saturated carbocycles. The summed E-state index contributed by atoms with van der Waals surface area (Å²) >= 11 is 3.18. The maximum absolute atomic E-state index is 13.6. The maximum atomic E-state index is 13.6. The number of hydrogen-bond acceptors (Lipinski definition) is 2. The van der Waals surface area contributed by atoms with E-state index in [2.05, 4.69) is 50.3 Å². The number of nitrogens with one attached hydrogen (secondary N) is 2. The minimum absolute atomic E-state index is 0. The number of likely N-dealkylation sites (tertiary alicyclic amines) is 1. The van der Waals surface area contributed by atoms with Gasteiger partial charge in [0.15, 0.2) is 5.96 Å². The molecule has 1 heterocycles. The molecule has 2 aliphatic rings. The molecule has 0 radical (unpaired) electrons. The minimum Gasteiger partial charge on any atom is -0.357 e. The first-order valence-electron chi connectivity index (χ1n) is 8.81. The minimum atomic E-state index is -0.245. The fourth-order valence-corrected chi connectivity index (χ4v) is 3.64. The largest absolute Gasteiger partial charge is 0.357 e. The molecule has 0 bridgehead atoms. The first-order chi connectivity index (χ1) is 11.6. The molecule has 2 unspecified atom stereocenters. The van der Waals surface area contributed by atoms with E-state index in [1.807, 2.05) is 6.07 Å². The predicted octanol–water partition coefficient (Wildman–Crippen LogP) is 3.89. The lowest BCUT2D eigenvalue weighted by Gasteiger charge is -2.20. The van der Waals surface area contributed by atoms with Gasteiger partial charge in [-0.15, -0.1) is 24.0 Å². The molecule has 3 rings (SSSR count). The highest BCUT2D eigenvalue weighted by Crippen LogP contribution is 2.33. The van der Waals surface area contributed by atoms with Crippen molar-refractivity contribution in [2.45, 2.75) is 57.8 Å². The van der Waals surface area contributed by atoms with E-state index in [1.54, 1.807) is 6.07 Å². The van der Waals surface area contributed by atoms with Crippen molar-refractivity contribution in [2.75, 3.05) is 13.1 Å². The fraction of sp³-hybridized carbons (Fsp3) is 0.611. The highest BCUT2D eigenvalue weighted by molar-refractivity contribution is 14.0. The Morgan fingerprint density at radius 1 is 1.40 bits per heavy atom. The standard InChI is InChI=1S/C18H26BrFN4.HI/c1-3-21-18(22-10-13-4-7-16(19)17(20)9-13)23-14-8-12(2)24(11-14)15-5-6-15;/h4,7,9,12,14-15H,3,5-6,8,10-11H2,1-2H3,(H2,21,22,23);1H. The summed E-state index contributed by atoms with van der Waals surface area (Å²) in [6.07, 6.45) is 3.84. The zero-order valence-electron chi connectivity index (χ0n) is 14.8. The van der Waals surface area contributed by atoms with Gasteiger partial charge in [-0.05, 0) is 66.7 Å². The summed E-state index contributed by atoms with van der Waals surface area (Å²) in [6.45, 7) is 6.74. The number of aliphatic imine (C=N–C) groups is 1. The van der Waals surface area contributed by atoms with Crippen LogP contribution in [-0.4, -0.2) is 42.1 Å². The Morgan fingerprint density at radius 2 is 2.16 bits per heavy atom. The van der Waals surface area contributed by atoms with Crippen molar-refractivity contribution in [3.8, 4) is 0 Å². The first-order valence-corrected chi connectivity index (χ1v) is 9.60. The molecule has 0 aromatic heterocycles. The zero-order valence-corrected chi connectivity index (χ0v) is 18.7. The highest BCUT2D eigenvalue weighted by Gasteiger charge is 2.38. The van der Waals surface area contributed by atoms with Gasteiger partial charge >= 0.3 is 0 Å². The third kappa shape index (κ3) is 5.79. The van der Waals surface area contributed by atoms with Crippen LogP contribution in [0.4, 0.5) is 4.39 Å². The number of halogens is 3. The molecule has 2 fully saturated rings. The molecule has 25 heavy (non-hydrogen) atoms. The van der Waals surface area contributed by atoms with Crippen LogP contribution >= 0.6 is 39.9 Å². The zero-order chi connectivity index (χ0) is 17.1. The quantitative estimate of drug-likeness (QED) is 0.349. The van der Waals surface area contributed by atoms with Crippen LogP contribution in [0.5, 0.6) is 0 Å². The highest BCUT2D eigenvalue weighted by atomic mass is 127. The molecular formula is C18H27BrFIN4. The molecule has 0 spiro atoms. The molecule has 7 heteroatoms. The van der Waals surface area contributed by atoms with E-state index in [9.17, 15) is 4.39 Å². The van der Waals surface area contributed by atoms with Gasteiger partial charge in [0.1, 0.15) is 5.82 Å². The van der Waals surface area contributed by atoms with Crippen LogP contribution in [0.1, 0.15) is 38.7 Å². The first kappa shape index (κ1) is 20.9. The van der Waals surface area contributed by atoms with Crippen molar-refractivity contribution >= 4 is 45.9 Å². The van der Waals surface area contributed by atoms with Crippen molar-refractivity contribution in [1.82, 2.24) is 15.5 Å². The normalized spacial score (nSPS) is 24.1. The Labute approximate surface area is 175 Å². The summed E-state index contributed by atoms with van der Waals surface area (Å²) < 4.78 is 14.1. The molecule has 1 aliphatic heterocycles. The van der Waals surface area contributed by atoms with E-state index < -0.39 is 0 Å². The van der Waals surface area contributed by atoms with Crippen molar-refractivity contribution in [3.05, 3.63) is 34.1 Å². The van der Waals surface area contributed by atoms with Crippen LogP contribution in [0.25, 0.3) is 0 Å². The van der Waals surface area contributed by atoms with Gasteiger partial charge in [-0.3, -0.25) is 4.90 Å². The Balaban J connectivity index is 0.00000225. The average molecular weight is 525 g/mol. The maximum Gasteiger partial charge on any atom is 0.191 e. The lowest BCUT2D eigenvalue weighted by Crippen LogP contribution is -2.44. The van der Waals surface area contributed by atoms with Crippen molar-refractivity contribution in [1.29, 1.82) is 0 Å². The summed E-state index contributed by atoms with van der Waals surface area (Å²) in [4.78, 5) is 7.24. The van der Waals surface area contributed by atoms with E-state index in [1.165, 1.54) is 18.9 Å². The molecule has 2 atom stereocenters. The number of nitrogens with zero attached hydrogens (tertiary/aromatic N) is 2. The fourth-order valence-electron chi connectivity index (χ4n) is 3.40. The van der Waals surface area contributed by atoms with Crippen LogP contribution in [0.15, 0.2) is 27.7 Å². The van der Waals surface area contributed by atoms with Crippen LogP contribution < -0.4 is 10.6 Å². The monoisotopic (exact) mass is 524 g/mol. The van der Waals surface area contributed by atoms with Gasteiger partial charge < -0.3 is 10.6 Å². The third-order valence-electron chi connectivity index (χ3n) is 4.73. The number of guanidine groups is 1. The molecule has 1 aromatic rings. The van der Waals surface area contributed by atoms with Crippen molar-refractivity contribution in [3.63, 3.8) is 0 Å². The van der Waals surface area contributed by atoms with E-state index in [0.717, 1.165) is 37.1 Å². The lowest BCUT2D eigenvalue weighted by atomic mass is 10.2. The molecule has 4 nitrogen and oxygen atoms in total. The van der Waals surface area contributed by atoms with Crippen molar-refractivity contribution < 1.29 is 4.39 Å². The second-order valence-corrected chi connectivity index (χ2v) is 7.65. The van der Waals surface area contributed by atoms with Gasteiger partial charge in [-0.25, -0.2) is 9.38 Å². The Kier molecular flexibility index (Phi) is 7.94. The molecular weight excluding hydrogens is 498 g/mol. The van der Waals surface area contributed by atoms with E-state index in [-0.39, 0.29) is 29.8 Å². The van der Waals surface area contributed by atoms with Crippen LogP contribution in [0.3, 0.4) is 0 Å². The molecule has 2 N–H and O–H groups in total. The van der Waals surface area contributed by atoms with Crippen molar-refractivity contribution in [2.24, 2.45) is 4.99 Å². The molecule has 1 saturated heterocycles. The van der Waals surface area contributed by atoms with Gasteiger partial charge in [0.2, 0.25) is 0 Å². The van der Waals surface area contributed by atoms with E-state index in [4.69, 9.17) is 0 Å². The lowest BCUT2D eigenvalue weighted by molar-refractivity contribution is 0.256. The van der Waals surface area contributed by atoms with Crippen LogP contribution in [0.2, 0.25) is 0 Å².